The highest BCUT2D eigenvalue weighted by molar-refractivity contribution is 6.32. The zero-order valence-electron chi connectivity index (χ0n) is 10.8. The van der Waals surface area contributed by atoms with Crippen molar-refractivity contribution in [2.45, 2.75) is 12.5 Å². The number of Topliss-reactive ketones (excluding diaryl/α,β-unsaturated/α-hetero) is 1. The monoisotopic (exact) mass is 287 g/mol. The number of rotatable bonds is 1. The van der Waals surface area contributed by atoms with Crippen molar-refractivity contribution >= 4 is 28.9 Å². The van der Waals surface area contributed by atoms with Crippen molar-refractivity contribution in [2.75, 3.05) is 11.4 Å². The number of fused-ring (bicyclic) bond motifs is 1. The molecule has 0 amide bonds. The fraction of sp³-hybridized carbons (Fsp3) is 0.200. The number of anilines is 2. The van der Waals surface area contributed by atoms with Crippen LogP contribution in [0, 0.1) is 0 Å². The second kappa shape index (κ2) is 5.23. The van der Waals surface area contributed by atoms with Crippen LogP contribution < -0.4 is 10.6 Å². The van der Waals surface area contributed by atoms with Crippen molar-refractivity contribution in [3.63, 3.8) is 0 Å². The standard InChI is InChI=1S/C15H14ClN3O/c16-11-4-3-5-13-10(11)8-14(20)12(17)9-19(13)15-6-1-2-7-18-15/h1-7,12H,8-9,17H2/t12-/m0/s1. The second-order valence-electron chi connectivity index (χ2n) is 4.79. The van der Waals surface area contributed by atoms with E-state index in [2.05, 4.69) is 4.98 Å². The van der Waals surface area contributed by atoms with Crippen LogP contribution in [0.15, 0.2) is 42.6 Å². The molecule has 5 heteroatoms. The molecule has 102 valence electrons. The van der Waals surface area contributed by atoms with Gasteiger partial charge in [0.2, 0.25) is 0 Å². The number of ketones is 1. The summed E-state index contributed by atoms with van der Waals surface area (Å²) in [6.07, 6.45) is 1.98. The Bertz CT molecular complexity index is 645. The van der Waals surface area contributed by atoms with E-state index in [9.17, 15) is 4.79 Å². The quantitative estimate of drug-likeness (QED) is 0.874. The molecule has 0 bridgehead atoms. The van der Waals surface area contributed by atoms with Crippen molar-refractivity contribution in [3.05, 3.63) is 53.2 Å². The van der Waals surface area contributed by atoms with Crippen molar-refractivity contribution in [2.24, 2.45) is 5.73 Å². The van der Waals surface area contributed by atoms with Crippen molar-refractivity contribution in [3.8, 4) is 0 Å². The third-order valence-electron chi connectivity index (χ3n) is 3.45. The summed E-state index contributed by atoms with van der Waals surface area (Å²) in [5, 5.41) is 0.589. The Kier molecular flexibility index (Phi) is 3.42. The molecule has 1 aromatic carbocycles. The number of pyridine rings is 1. The topological polar surface area (TPSA) is 59.2 Å². The normalized spacial score (nSPS) is 18.6. The van der Waals surface area contributed by atoms with E-state index in [0.717, 1.165) is 17.1 Å². The van der Waals surface area contributed by atoms with Gasteiger partial charge in [-0.05, 0) is 24.3 Å². The predicted molar refractivity (Wildman–Crippen MR) is 79.4 cm³/mol. The van der Waals surface area contributed by atoms with Gasteiger partial charge in [0.15, 0.2) is 5.78 Å². The van der Waals surface area contributed by atoms with Crippen LogP contribution in [0.5, 0.6) is 0 Å². The van der Waals surface area contributed by atoms with Gasteiger partial charge in [-0.1, -0.05) is 23.7 Å². The first kappa shape index (κ1) is 13.1. The Morgan fingerprint density at radius 3 is 2.85 bits per heavy atom. The molecule has 0 spiro atoms. The number of benzene rings is 1. The van der Waals surface area contributed by atoms with Crippen molar-refractivity contribution in [1.29, 1.82) is 0 Å². The molecule has 3 rings (SSSR count). The summed E-state index contributed by atoms with van der Waals surface area (Å²) in [4.78, 5) is 18.4. The first-order valence-electron chi connectivity index (χ1n) is 6.41. The third-order valence-corrected chi connectivity index (χ3v) is 3.81. The van der Waals surface area contributed by atoms with Crippen molar-refractivity contribution in [1.82, 2.24) is 4.98 Å². The summed E-state index contributed by atoms with van der Waals surface area (Å²) in [5.74, 6) is 0.763. The number of nitrogens with zero attached hydrogens (tertiary/aromatic N) is 2. The van der Waals surface area contributed by atoms with Crippen LogP contribution in [0.4, 0.5) is 11.5 Å². The Balaban J connectivity index is 2.15. The first-order valence-corrected chi connectivity index (χ1v) is 6.79. The highest BCUT2D eigenvalue weighted by atomic mass is 35.5. The summed E-state index contributed by atoms with van der Waals surface area (Å²) in [7, 11) is 0. The fourth-order valence-electron chi connectivity index (χ4n) is 2.41. The van der Waals surface area contributed by atoms with Crippen LogP contribution in [0.25, 0.3) is 0 Å². The molecular weight excluding hydrogens is 274 g/mol. The largest absolute Gasteiger partial charge is 0.324 e. The summed E-state index contributed by atoms with van der Waals surface area (Å²) in [5.41, 5.74) is 7.69. The Labute approximate surface area is 122 Å². The van der Waals surface area contributed by atoms with Crippen LogP contribution in [0.2, 0.25) is 5.02 Å². The Morgan fingerprint density at radius 2 is 2.10 bits per heavy atom. The van der Waals surface area contributed by atoms with Crippen LogP contribution in [-0.2, 0) is 11.2 Å². The lowest BCUT2D eigenvalue weighted by Gasteiger charge is -2.25. The van der Waals surface area contributed by atoms with E-state index in [4.69, 9.17) is 17.3 Å². The molecule has 0 fully saturated rings. The number of nitrogens with two attached hydrogens (primary N) is 1. The molecule has 4 nitrogen and oxygen atoms in total. The average molecular weight is 288 g/mol. The van der Waals surface area contributed by atoms with Gasteiger partial charge in [-0.25, -0.2) is 4.98 Å². The minimum absolute atomic E-state index is 0.00205. The van der Waals surface area contributed by atoms with Crippen molar-refractivity contribution < 1.29 is 4.79 Å². The molecule has 2 N–H and O–H groups in total. The molecule has 2 aromatic rings. The Hall–Kier alpha value is -1.91. The van der Waals surface area contributed by atoms with Crippen LogP contribution in [0.1, 0.15) is 5.56 Å². The van der Waals surface area contributed by atoms with Gasteiger partial charge in [-0.3, -0.25) is 4.79 Å². The van der Waals surface area contributed by atoms with Gasteiger partial charge in [0, 0.05) is 35.4 Å². The summed E-state index contributed by atoms with van der Waals surface area (Å²) < 4.78 is 0. The number of halogens is 1. The van der Waals surface area contributed by atoms with E-state index in [-0.39, 0.29) is 12.2 Å². The zero-order valence-corrected chi connectivity index (χ0v) is 11.5. The highest BCUT2D eigenvalue weighted by Crippen LogP contribution is 2.34. The molecule has 1 aromatic heterocycles. The SMILES string of the molecule is N[C@H]1CN(c2ccccn2)c2cccc(Cl)c2CC1=O. The maximum Gasteiger partial charge on any atom is 0.155 e. The summed E-state index contributed by atoms with van der Waals surface area (Å²) >= 11 is 6.24. The van der Waals surface area contributed by atoms with E-state index in [1.54, 1.807) is 12.3 Å². The smallest absolute Gasteiger partial charge is 0.155 e. The minimum atomic E-state index is -0.541. The van der Waals surface area contributed by atoms with Crippen LogP contribution in [0.3, 0.4) is 0 Å². The van der Waals surface area contributed by atoms with Gasteiger partial charge in [-0.2, -0.15) is 0 Å². The third kappa shape index (κ3) is 2.28. The van der Waals surface area contributed by atoms with E-state index in [0.29, 0.717) is 11.6 Å². The number of hydrogen-bond donors (Lipinski definition) is 1. The van der Waals surface area contributed by atoms with E-state index < -0.39 is 6.04 Å². The molecule has 0 aliphatic carbocycles. The number of carbonyl (C=O) groups is 1. The van der Waals surface area contributed by atoms with Gasteiger partial charge in [-0.15, -0.1) is 0 Å². The second-order valence-corrected chi connectivity index (χ2v) is 5.19. The molecule has 2 heterocycles. The molecule has 0 saturated carbocycles. The lowest BCUT2D eigenvalue weighted by Crippen LogP contribution is -2.39. The zero-order chi connectivity index (χ0) is 14.1. The summed E-state index contributed by atoms with van der Waals surface area (Å²) in [6.45, 7) is 0.406. The van der Waals surface area contributed by atoms with Gasteiger partial charge >= 0.3 is 0 Å². The lowest BCUT2D eigenvalue weighted by atomic mass is 10.1. The van der Waals surface area contributed by atoms with Crippen LogP contribution >= 0.6 is 11.6 Å². The Morgan fingerprint density at radius 1 is 1.25 bits per heavy atom. The van der Waals surface area contributed by atoms with Crippen LogP contribution in [-0.4, -0.2) is 23.4 Å². The van der Waals surface area contributed by atoms with Gasteiger partial charge in [0.1, 0.15) is 5.82 Å². The molecule has 1 aliphatic heterocycles. The molecule has 0 saturated heterocycles. The maximum atomic E-state index is 12.1. The first-order chi connectivity index (χ1) is 9.66. The molecule has 0 radical (unpaired) electrons. The molecule has 20 heavy (non-hydrogen) atoms. The number of carbonyl (C=O) groups excluding carboxylic acids is 1. The lowest BCUT2D eigenvalue weighted by molar-refractivity contribution is -0.119. The van der Waals surface area contributed by atoms with E-state index in [1.165, 1.54) is 0 Å². The summed E-state index contributed by atoms with van der Waals surface area (Å²) in [6, 6.07) is 10.7. The highest BCUT2D eigenvalue weighted by Gasteiger charge is 2.28. The molecule has 1 aliphatic rings. The van der Waals surface area contributed by atoms with E-state index in [1.807, 2.05) is 35.2 Å². The van der Waals surface area contributed by atoms with Gasteiger partial charge in [0.05, 0.1) is 6.04 Å². The molecule has 0 unspecified atom stereocenters. The minimum Gasteiger partial charge on any atom is -0.324 e. The van der Waals surface area contributed by atoms with E-state index >= 15 is 0 Å². The predicted octanol–water partition coefficient (Wildman–Crippen LogP) is 2.33. The molecule has 1 atom stereocenters. The molecular formula is C15H14ClN3O. The maximum absolute atomic E-state index is 12.1. The fourth-order valence-corrected chi connectivity index (χ4v) is 2.64. The number of aromatic nitrogens is 1. The number of hydrogen-bond acceptors (Lipinski definition) is 4. The van der Waals surface area contributed by atoms with Gasteiger partial charge < -0.3 is 10.6 Å². The average Bonchev–Trinajstić information content (AvgIpc) is 2.59. The van der Waals surface area contributed by atoms with Gasteiger partial charge in [0.25, 0.3) is 0 Å².